The van der Waals surface area contributed by atoms with Gasteiger partial charge in [-0.15, -0.1) is 11.3 Å². The van der Waals surface area contributed by atoms with Crippen molar-refractivity contribution >= 4 is 33.2 Å². The second kappa shape index (κ2) is 8.92. The van der Waals surface area contributed by atoms with Crippen molar-refractivity contribution in [1.29, 1.82) is 0 Å². The Morgan fingerprint density at radius 1 is 1.24 bits per heavy atom. The third kappa shape index (κ3) is 5.36. The third-order valence-electron chi connectivity index (χ3n) is 4.62. The zero-order valence-corrected chi connectivity index (χ0v) is 16.4. The quantitative estimate of drug-likeness (QED) is 0.752. The summed E-state index contributed by atoms with van der Waals surface area (Å²) in [6, 6.07) is 11.0. The van der Waals surface area contributed by atoms with Crippen LogP contribution in [0.1, 0.15) is 23.3 Å². The molecule has 3 nitrogen and oxygen atoms in total. The van der Waals surface area contributed by atoms with E-state index in [1.54, 1.807) is 23.5 Å². The van der Waals surface area contributed by atoms with Gasteiger partial charge in [0.2, 0.25) is 5.91 Å². The number of carbonyl (C=O) groups is 1. The molecule has 1 saturated heterocycles. The summed E-state index contributed by atoms with van der Waals surface area (Å²) in [7, 11) is 0. The van der Waals surface area contributed by atoms with E-state index in [0.717, 1.165) is 36.3 Å². The van der Waals surface area contributed by atoms with Gasteiger partial charge in [0.15, 0.2) is 0 Å². The van der Waals surface area contributed by atoms with E-state index in [1.807, 2.05) is 6.07 Å². The van der Waals surface area contributed by atoms with Gasteiger partial charge in [-0.1, -0.05) is 18.2 Å². The Morgan fingerprint density at radius 3 is 2.68 bits per heavy atom. The summed E-state index contributed by atoms with van der Waals surface area (Å²) in [5.41, 5.74) is 0.653. The molecule has 1 amide bonds. The molecule has 0 aliphatic carbocycles. The highest BCUT2D eigenvalue weighted by atomic mass is 79.9. The maximum absolute atomic E-state index is 13.6. The number of halogens is 2. The zero-order chi connectivity index (χ0) is 17.6. The Bertz CT molecular complexity index is 713. The molecule has 2 heterocycles. The fourth-order valence-corrected chi connectivity index (χ4v) is 4.70. The van der Waals surface area contributed by atoms with Gasteiger partial charge < -0.3 is 5.32 Å². The molecular weight excluding hydrogens is 403 g/mol. The predicted molar refractivity (Wildman–Crippen MR) is 103 cm³/mol. The van der Waals surface area contributed by atoms with Crippen LogP contribution < -0.4 is 5.32 Å². The fourth-order valence-electron chi connectivity index (χ4n) is 3.18. The van der Waals surface area contributed by atoms with Crippen molar-refractivity contribution in [2.75, 3.05) is 19.6 Å². The maximum Gasteiger partial charge on any atom is 0.223 e. The summed E-state index contributed by atoms with van der Waals surface area (Å²) in [5.74, 6) is -0.0212. The first-order chi connectivity index (χ1) is 12.1. The van der Waals surface area contributed by atoms with Gasteiger partial charge in [-0.3, -0.25) is 9.69 Å². The summed E-state index contributed by atoms with van der Waals surface area (Å²) in [6.07, 6.45) is 2.31. The van der Waals surface area contributed by atoms with Crippen LogP contribution in [0, 0.1) is 11.7 Å². The highest BCUT2D eigenvalue weighted by Crippen LogP contribution is 2.25. The van der Waals surface area contributed by atoms with Gasteiger partial charge in [0, 0.05) is 23.9 Å². The number of hydrogen-bond donors (Lipinski definition) is 1. The molecule has 1 aliphatic rings. The number of nitrogens with zero attached hydrogens (tertiary/aromatic N) is 1. The summed E-state index contributed by atoms with van der Waals surface area (Å²) >= 11 is 5.26. The molecule has 1 fully saturated rings. The number of likely N-dealkylation sites (tertiary alicyclic amines) is 1. The number of amides is 1. The lowest BCUT2D eigenvalue weighted by Gasteiger charge is -2.30. The van der Waals surface area contributed by atoms with Crippen molar-refractivity contribution in [2.45, 2.75) is 25.8 Å². The first-order valence-corrected chi connectivity index (χ1v) is 10.2. The van der Waals surface area contributed by atoms with Gasteiger partial charge >= 0.3 is 0 Å². The van der Waals surface area contributed by atoms with Crippen LogP contribution in [0.4, 0.5) is 4.39 Å². The van der Waals surface area contributed by atoms with Crippen molar-refractivity contribution in [3.8, 4) is 0 Å². The molecule has 1 N–H and O–H groups in total. The number of hydrogen-bond acceptors (Lipinski definition) is 3. The number of thiophene rings is 1. The average molecular weight is 425 g/mol. The van der Waals surface area contributed by atoms with E-state index in [-0.39, 0.29) is 17.6 Å². The number of rotatable bonds is 6. The van der Waals surface area contributed by atoms with E-state index in [9.17, 15) is 9.18 Å². The molecule has 0 unspecified atom stereocenters. The molecular formula is C19H22BrFN2OS. The van der Waals surface area contributed by atoms with Crippen LogP contribution in [-0.2, 0) is 17.8 Å². The second-order valence-electron chi connectivity index (χ2n) is 6.39. The van der Waals surface area contributed by atoms with Crippen LogP contribution in [0.3, 0.4) is 0 Å². The van der Waals surface area contributed by atoms with Crippen LogP contribution in [0.15, 0.2) is 40.2 Å². The van der Waals surface area contributed by atoms with E-state index in [4.69, 9.17) is 0 Å². The van der Waals surface area contributed by atoms with Crippen LogP contribution in [0.5, 0.6) is 0 Å². The first-order valence-electron chi connectivity index (χ1n) is 8.59. The minimum atomic E-state index is -0.203. The van der Waals surface area contributed by atoms with Crippen molar-refractivity contribution in [3.63, 3.8) is 0 Å². The van der Waals surface area contributed by atoms with Crippen LogP contribution in [-0.4, -0.2) is 30.4 Å². The van der Waals surface area contributed by atoms with Gasteiger partial charge in [0.1, 0.15) is 5.82 Å². The Labute approximate surface area is 160 Å². The lowest BCUT2D eigenvalue weighted by atomic mass is 9.96. The van der Waals surface area contributed by atoms with E-state index in [1.165, 1.54) is 10.9 Å². The molecule has 0 atom stereocenters. The molecule has 0 spiro atoms. The van der Waals surface area contributed by atoms with E-state index >= 15 is 0 Å². The standard InChI is InChI=1S/C19H22BrFN2OS/c20-18-6-5-16(25-18)13-23-11-8-15(9-12-23)19(24)22-10-7-14-3-1-2-4-17(14)21/h1-6,15H,7-13H2,(H,22,24). The minimum absolute atomic E-state index is 0.0759. The largest absolute Gasteiger partial charge is 0.356 e. The SMILES string of the molecule is O=C(NCCc1ccccc1F)C1CCN(Cc2ccc(Br)s2)CC1. The second-order valence-corrected chi connectivity index (χ2v) is 8.94. The summed E-state index contributed by atoms with van der Waals surface area (Å²) in [5, 5.41) is 2.97. The van der Waals surface area contributed by atoms with Crippen molar-refractivity contribution in [3.05, 3.63) is 56.4 Å². The molecule has 1 aromatic heterocycles. The maximum atomic E-state index is 13.6. The smallest absolute Gasteiger partial charge is 0.223 e. The van der Waals surface area contributed by atoms with Gasteiger partial charge in [-0.2, -0.15) is 0 Å². The minimum Gasteiger partial charge on any atom is -0.356 e. The number of piperidine rings is 1. The molecule has 1 aromatic carbocycles. The zero-order valence-electron chi connectivity index (χ0n) is 14.0. The third-order valence-corrected chi connectivity index (χ3v) is 6.23. The van der Waals surface area contributed by atoms with Crippen molar-refractivity contribution in [1.82, 2.24) is 10.2 Å². The Hall–Kier alpha value is -1.24. The predicted octanol–water partition coefficient (Wildman–Crippen LogP) is 4.22. The Balaban J connectivity index is 1.38. The highest BCUT2D eigenvalue weighted by Gasteiger charge is 2.24. The van der Waals surface area contributed by atoms with E-state index in [0.29, 0.717) is 18.5 Å². The molecule has 0 bridgehead atoms. The van der Waals surface area contributed by atoms with Gasteiger partial charge in [-0.25, -0.2) is 4.39 Å². The fraction of sp³-hybridized carbons (Fsp3) is 0.421. The lowest BCUT2D eigenvalue weighted by Crippen LogP contribution is -2.40. The summed E-state index contributed by atoms with van der Waals surface area (Å²) in [4.78, 5) is 16.1. The first kappa shape index (κ1) is 18.5. The van der Waals surface area contributed by atoms with Crippen LogP contribution in [0.25, 0.3) is 0 Å². The summed E-state index contributed by atoms with van der Waals surface area (Å²) < 4.78 is 14.7. The normalized spacial score (nSPS) is 16.1. The van der Waals surface area contributed by atoms with Crippen molar-refractivity contribution in [2.24, 2.45) is 5.92 Å². The van der Waals surface area contributed by atoms with E-state index < -0.39 is 0 Å². The molecule has 6 heteroatoms. The van der Waals surface area contributed by atoms with Crippen LogP contribution >= 0.6 is 27.3 Å². The number of nitrogens with one attached hydrogen (secondary N) is 1. The molecule has 0 saturated carbocycles. The van der Waals surface area contributed by atoms with E-state index in [2.05, 4.69) is 38.3 Å². The van der Waals surface area contributed by atoms with Crippen molar-refractivity contribution < 1.29 is 9.18 Å². The van der Waals surface area contributed by atoms with Gasteiger partial charge in [0.05, 0.1) is 3.79 Å². The molecule has 2 aromatic rings. The Kier molecular flexibility index (Phi) is 6.62. The molecule has 0 radical (unpaired) electrons. The Morgan fingerprint density at radius 2 is 2.00 bits per heavy atom. The average Bonchev–Trinajstić information content (AvgIpc) is 3.02. The van der Waals surface area contributed by atoms with Crippen LogP contribution in [0.2, 0.25) is 0 Å². The number of benzene rings is 1. The summed E-state index contributed by atoms with van der Waals surface area (Å²) in [6.45, 7) is 3.34. The molecule has 3 rings (SSSR count). The molecule has 25 heavy (non-hydrogen) atoms. The monoisotopic (exact) mass is 424 g/mol. The van der Waals surface area contributed by atoms with Gasteiger partial charge in [-0.05, 0) is 72.0 Å². The van der Waals surface area contributed by atoms with Gasteiger partial charge in [0.25, 0.3) is 0 Å². The number of carbonyl (C=O) groups excluding carboxylic acids is 1. The lowest BCUT2D eigenvalue weighted by molar-refractivity contribution is -0.126. The molecule has 1 aliphatic heterocycles. The molecule has 134 valence electrons. The topological polar surface area (TPSA) is 32.3 Å². The highest BCUT2D eigenvalue weighted by molar-refractivity contribution is 9.11.